The minimum absolute atomic E-state index is 0.302. The molecule has 1 unspecified atom stereocenters. The summed E-state index contributed by atoms with van der Waals surface area (Å²) >= 11 is 0. The molecular weight excluding hydrogens is 392 g/mol. The van der Waals surface area contributed by atoms with Crippen molar-refractivity contribution >= 4 is 0 Å². The van der Waals surface area contributed by atoms with Crippen LogP contribution >= 0.6 is 0 Å². The third kappa shape index (κ3) is 6.23. The summed E-state index contributed by atoms with van der Waals surface area (Å²) in [5.41, 5.74) is 3.16. The van der Waals surface area contributed by atoms with Crippen LogP contribution in [0.2, 0.25) is 0 Å². The second-order valence-electron chi connectivity index (χ2n) is 7.59. The van der Waals surface area contributed by atoms with Crippen LogP contribution in [0.1, 0.15) is 16.7 Å². The Labute approximate surface area is 183 Å². The number of aliphatic hydroxyl groups is 1. The van der Waals surface area contributed by atoms with Crippen LogP contribution in [0, 0.1) is 0 Å². The average Bonchev–Trinajstić information content (AvgIpc) is 3.12. The van der Waals surface area contributed by atoms with Gasteiger partial charge in [-0.15, -0.1) is 0 Å². The van der Waals surface area contributed by atoms with Crippen LogP contribution in [0.15, 0.2) is 91.0 Å². The first-order valence-corrected chi connectivity index (χ1v) is 10.6. The van der Waals surface area contributed by atoms with Gasteiger partial charge in [-0.05, 0) is 16.7 Å². The molecule has 0 radical (unpaired) electrons. The molecule has 0 spiro atoms. The third-order valence-electron chi connectivity index (χ3n) is 5.25. The fraction of sp³-hybridized carbons (Fsp3) is 0.308. The zero-order chi connectivity index (χ0) is 21.3. The predicted octanol–water partition coefficient (Wildman–Crippen LogP) is 4.09. The molecule has 1 heterocycles. The normalized spacial score (nSPS) is 23.1. The van der Waals surface area contributed by atoms with Crippen molar-refractivity contribution < 1.29 is 24.1 Å². The molecule has 1 aliphatic heterocycles. The Morgan fingerprint density at radius 2 is 1.06 bits per heavy atom. The van der Waals surface area contributed by atoms with Gasteiger partial charge < -0.3 is 24.1 Å². The van der Waals surface area contributed by atoms with Gasteiger partial charge in [0, 0.05) is 0 Å². The second kappa shape index (κ2) is 11.2. The molecule has 162 valence electrons. The summed E-state index contributed by atoms with van der Waals surface area (Å²) in [5.74, 6) is 0. The highest BCUT2D eigenvalue weighted by Gasteiger charge is 2.45. The first-order valence-electron chi connectivity index (χ1n) is 10.6. The van der Waals surface area contributed by atoms with Crippen molar-refractivity contribution in [3.63, 3.8) is 0 Å². The maximum Gasteiger partial charge on any atom is 0.184 e. The quantitative estimate of drug-likeness (QED) is 0.535. The first kappa shape index (κ1) is 21.7. The average molecular weight is 421 g/mol. The van der Waals surface area contributed by atoms with Gasteiger partial charge in [0.05, 0.1) is 26.4 Å². The van der Waals surface area contributed by atoms with Gasteiger partial charge in [-0.2, -0.15) is 0 Å². The highest BCUT2D eigenvalue weighted by molar-refractivity contribution is 5.15. The van der Waals surface area contributed by atoms with Gasteiger partial charge in [0.25, 0.3) is 0 Å². The Bertz CT molecular complexity index is 887. The van der Waals surface area contributed by atoms with E-state index in [0.717, 1.165) is 16.7 Å². The van der Waals surface area contributed by atoms with Crippen LogP contribution < -0.4 is 0 Å². The summed E-state index contributed by atoms with van der Waals surface area (Å²) in [5, 5.41) is 10.5. The van der Waals surface area contributed by atoms with E-state index in [2.05, 4.69) is 0 Å². The second-order valence-corrected chi connectivity index (χ2v) is 7.59. The van der Waals surface area contributed by atoms with E-state index in [1.165, 1.54) is 0 Å². The molecule has 4 atom stereocenters. The molecule has 5 nitrogen and oxygen atoms in total. The molecule has 0 saturated carbocycles. The fourth-order valence-electron chi connectivity index (χ4n) is 3.62. The summed E-state index contributed by atoms with van der Waals surface area (Å²) in [6.07, 6.45) is -2.55. The molecule has 0 aromatic heterocycles. The number of ether oxygens (including phenoxy) is 4. The maximum absolute atomic E-state index is 10.5. The van der Waals surface area contributed by atoms with E-state index in [1.54, 1.807) is 0 Å². The molecule has 1 N–H and O–H groups in total. The van der Waals surface area contributed by atoms with E-state index >= 15 is 0 Å². The number of benzene rings is 3. The minimum atomic E-state index is -1.07. The summed E-state index contributed by atoms with van der Waals surface area (Å²) < 4.78 is 23.9. The van der Waals surface area contributed by atoms with Gasteiger partial charge in [0.15, 0.2) is 6.29 Å². The van der Waals surface area contributed by atoms with Gasteiger partial charge >= 0.3 is 0 Å². The Kier molecular flexibility index (Phi) is 7.82. The van der Waals surface area contributed by atoms with E-state index < -0.39 is 24.6 Å². The van der Waals surface area contributed by atoms with E-state index in [0.29, 0.717) is 26.4 Å². The van der Waals surface area contributed by atoms with Crippen molar-refractivity contribution in [2.45, 2.75) is 44.4 Å². The van der Waals surface area contributed by atoms with E-state index in [9.17, 15) is 5.11 Å². The summed E-state index contributed by atoms with van der Waals surface area (Å²) in [4.78, 5) is 0. The first-order chi connectivity index (χ1) is 15.3. The van der Waals surface area contributed by atoms with Crippen molar-refractivity contribution in [3.05, 3.63) is 108 Å². The zero-order valence-electron chi connectivity index (χ0n) is 17.4. The van der Waals surface area contributed by atoms with Crippen molar-refractivity contribution in [1.29, 1.82) is 0 Å². The molecule has 5 heteroatoms. The van der Waals surface area contributed by atoms with Crippen LogP contribution in [0.4, 0.5) is 0 Å². The van der Waals surface area contributed by atoms with Crippen LogP contribution in [-0.4, -0.2) is 36.3 Å². The lowest BCUT2D eigenvalue weighted by Gasteiger charge is -2.24. The Hall–Kier alpha value is -2.54. The molecule has 31 heavy (non-hydrogen) atoms. The van der Waals surface area contributed by atoms with Gasteiger partial charge in [-0.3, -0.25) is 0 Å². The standard InChI is InChI=1S/C26H28O5/c27-26-25(30-18-22-14-8-3-9-15-22)24(29-17-21-12-6-2-7-13-21)23(31-26)19-28-16-20-10-4-1-5-11-20/h1-15,23-27H,16-19H2/t23-,24?,25+,26+/m0/s1. The Morgan fingerprint density at radius 3 is 1.58 bits per heavy atom. The smallest absolute Gasteiger partial charge is 0.184 e. The summed E-state index contributed by atoms with van der Waals surface area (Å²) in [7, 11) is 0. The van der Waals surface area contributed by atoms with Crippen molar-refractivity contribution in [3.8, 4) is 0 Å². The van der Waals surface area contributed by atoms with Gasteiger partial charge in [0.2, 0.25) is 0 Å². The predicted molar refractivity (Wildman–Crippen MR) is 117 cm³/mol. The van der Waals surface area contributed by atoms with E-state index in [4.69, 9.17) is 18.9 Å². The fourth-order valence-corrected chi connectivity index (χ4v) is 3.62. The largest absolute Gasteiger partial charge is 0.374 e. The van der Waals surface area contributed by atoms with Crippen LogP contribution in [0.25, 0.3) is 0 Å². The summed E-state index contributed by atoms with van der Waals surface area (Å²) in [6, 6.07) is 29.8. The lowest BCUT2D eigenvalue weighted by molar-refractivity contribution is -0.153. The molecule has 1 saturated heterocycles. The maximum atomic E-state index is 10.5. The molecule has 1 fully saturated rings. The minimum Gasteiger partial charge on any atom is -0.374 e. The van der Waals surface area contributed by atoms with Crippen LogP contribution in [0.3, 0.4) is 0 Å². The van der Waals surface area contributed by atoms with Crippen LogP contribution in [0.5, 0.6) is 0 Å². The Morgan fingerprint density at radius 1 is 0.613 bits per heavy atom. The molecular formula is C26H28O5. The van der Waals surface area contributed by atoms with Gasteiger partial charge in [-0.25, -0.2) is 0 Å². The molecule has 4 rings (SSSR count). The third-order valence-corrected chi connectivity index (χ3v) is 5.25. The molecule has 0 bridgehead atoms. The highest BCUT2D eigenvalue weighted by Crippen LogP contribution is 2.28. The highest BCUT2D eigenvalue weighted by atomic mass is 16.7. The SMILES string of the molecule is O[C@@H]1O[C@@H](COCc2ccccc2)C(OCc2ccccc2)[C@H]1OCc1ccccc1. The number of hydrogen-bond acceptors (Lipinski definition) is 5. The van der Waals surface area contributed by atoms with Crippen LogP contribution in [-0.2, 0) is 38.8 Å². The number of aliphatic hydroxyl groups excluding tert-OH is 1. The molecule has 1 aliphatic rings. The molecule has 0 amide bonds. The summed E-state index contributed by atoms with van der Waals surface area (Å²) in [6.45, 7) is 1.55. The zero-order valence-corrected chi connectivity index (χ0v) is 17.4. The number of hydrogen-bond donors (Lipinski definition) is 1. The topological polar surface area (TPSA) is 57.2 Å². The lowest BCUT2D eigenvalue weighted by Crippen LogP contribution is -2.39. The van der Waals surface area contributed by atoms with Gasteiger partial charge in [0.1, 0.15) is 18.3 Å². The van der Waals surface area contributed by atoms with Crippen molar-refractivity contribution in [1.82, 2.24) is 0 Å². The van der Waals surface area contributed by atoms with Crippen molar-refractivity contribution in [2.75, 3.05) is 6.61 Å². The molecule has 3 aromatic rings. The van der Waals surface area contributed by atoms with E-state index in [-0.39, 0.29) is 0 Å². The monoisotopic (exact) mass is 420 g/mol. The lowest BCUT2D eigenvalue weighted by atomic mass is 10.1. The number of rotatable bonds is 10. The van der Waals surface area contributed by atoms with Gasteiger partial charge in [-0.1, -0.05) is 91.0 Å². The van der Waals surface area contributed by atoms with Crippen molar-refractivity contribution in [2.24, 2.45) is 0 Å². The molecule has 3 aromatic carbocycles. The Balaban J connectivity index is 1.39. The van der Waals surface area contributed by atoms with E-state index in [1.807, 2.05) is 91.0 Å². The molecule has 0 aliphatic carbocycles.